The molecule has 5 nitrogen and oxygen atoms in total. The molecule has 1 aromatic carbocycles. The van der Waals surface area contributed by atoms with E-state index in [-0.39, 0.29) is 0 Å². The summed E-state index contributed by atoms with van der Waals surface area (Å²) in [6.45, 7) is 2.10. The fourth-order valence-electron chi connectivity index (χ4n) is 2.04. The van der Waals surface area contributed by atoms with Crippen LogP contribution in [0.4, 0.5) is 17.3 Å². The molecule has 0 atom stereocenters. The van der Waals surface area contributed by atoms with Crippen molar-refractivity contribution in [1.29, 1.82) is 5.26 Å². The number of nitriles is 1. The molecule has 0 amide bonds. The monoisotopic (exact) mass is 301 g/mol. The van der Waals surface area contributed by atoms with Crippen molar-refractivity contribution < 1.29 is 0 Å². The van der Waals surface area contributed by atoms with Gasteiger partial charge in [0.05, 0.1) is 22.3 Å². The quantitative estimate of drug-likeness (QED) is 0.880. The predicted molar refractivity (Wildman–Crippen MR) is 85.0 cm³/mol. The molecule has 0 saturated carbocycles. The van der Waals surface area contributed by atoms with Gasteiger partial charge in [0.1, 0.15) is 18.0 Å². The predicted octanol–water partition coefficient (Wildman–Crippen LogP) is 3.74. The number of halogens is 1. The van der Waals surface area contributed by atoms with Crippen molar-refractivity contribution >= 4 is 28.9 Å². The Labute approximate surface area is 129 Å². The Hall–Kier alpha value is -2.32. The van der Waals surface area contributed by atoms with Crippen LogP contribution in [0.1, 0.15) is 24.5 Å². The number of aromatic nitrogens is 2. The van der Waals surface area contributed by atoms with Crippen molar-refractivity contribution in [2.24, 2.45) is 0 Å². The van der Waals surface area contributed by atoms with Crippen molar-refractivity contribution in [2.45, 2.75) is 19.8 Å². The van der Waals surface area contributed by atoms with E-state index in [9.17, 15) is 0 Å². The van der Waals surface area contributed by atoms with Crippen molar-refractivity contribution in [3.8, 4) is 6.07 Å². The third-order valence-corrected chi connectivity index (χ3v) is 3.35. The maximum absolute atomic E-state index is 8.87. The molecule has 2 rings (SSSR count). The summed E-state index contributed by atoms with van der Waals surface area (Å²) in [5, 5.41) is 15.6. The minimum atomic E-state index is 0.487. The number of nitrogens with one attached hydrogen (secondary N) is 2. The molecule has 2 aromatic rings. The lowest BCUT2D eigenvalue weighted by Crippen LogP contribution is -2.05. The maximum atomic E-state index is 8.87. The van der Waals surface area contributed by atoms with Gasteiger partial charge < -0.3 is 10.6 Å². The summed E-state index contributed by atoms with van der Waals surface area (Å²) in [6.07, 6.45) is 3.34. The third kappa shape index (κ3) is 3.41. The molecule has 0 radical (unpaired) electrons. The highest BCUT2D eigenvalue weighted by molar-refractivity contribution is 6.33. The van der Waals surface area contributed by atoms with Crippen LogP contribution < -0.4 is 10.6 Å². The summed E-state index contributed by atoms with van der Waals surface area (Å²) in [4.78, 5) is 8.53. The van der Waals surface area contributed by atoms with E-state index in [1.807, 2.05) is 7.05 Å². The third-order valence-electron chi connectivity index (χ3n) is 3.03. The van der Waals surface area contributed by atoms with Gasteiger partial charge in [0.15, 0.2) is 0 Å². The van der Waals surface area contributed by atoms with Gasteiger partial charge in [0.2, 0.25) is 0 Å². The topological polar surface area (TPSA) is 73.6 Å². The van der Waals surface area contributed by atoms with Crippen LogP contribution in [0.2, 0.25) is 5.02 Å². The Kier molecular flexibility index (Phi) is 4.96. The average Bonchev–Trinajstić information content (AvgIpc) is 2.51. The Bertz CT molecular complexity index is 678. The second-order valence-electron chi connectivity index (χ2n) is 4.48. The first-order chi connectivity index (χ1) is 10.2. The highest BCUT2D eigenvalue weighted by Gasteiger charge is 2.11. The molecule has 108 valence electrons. The second kappa shape index (κ2) is 6.91. The molecule has 0 aliphatic rings. The second-order valence-corrected chi connectivity index (χ2v) is 4.89. The van der Waals surface area contributed by atoms with Crippen LogP contribution in [0.25, 0.3) is 0 Å². The number of anilines is 3. The lowest BCUT2D eigenvalue weighted by atomic mass is 10.1. The highest BCUT2D eigenvalue weighted by atomic mass is 35.5. The zero-order valence-corrected chi connectivity index (χ0v) is 12.7. The molecule has 1 heterocycles. The minimum absolute atomic E-state index is 0.487. The summed E-state index contributed by atoms with van der Waals surface area (Å²) in [7, 11) is 1.83. The van der Waals surface area contributed by atoms with Gasteiger partial charge in [-0.05, 0) is 24.6 Å². The molecule has 1 aromatic heterocycles. The van der Waals surface area contributed by atoms with Crippen molar-refractivity contribution in [3.63, 3.8) is 0 Å². The molecular formula is C15H16ClN5. The van der Waals surface area contributed by atoms with E-state index in [1.165, 1.54) is 6.33 Å². The summed E-state index contributed by atoms with van der Waals surface area (Å²) in [5.74, 6) is 1.53. The standard InChI is InChI=1S/C15H16ClN5/c1-3-4-11-14(18-2)19-9-20-15(11)21-13-6-5-10(8-17)7-12(13)16/h5-7,9H,3-4H2,1-2H3,(H2,18,19,20,21). The van der Waals surface area contributed by atoms with Crippen molar-refractivity contribution in [1.82, 2.24) is 9.97 Å². The van der Waals surface area contributed by atoms with Gasteiger partial charge in [-0.1, -0.05) is 24.9 Å². The van der Waals surface area contributed by atoms with Crippen LogP contribution >= 0.6 is 11.6 Å². The van der Waals surface area contributed by atoms with E-state index in [2.05, 4.69) is 33.6 Å². The smallest absolute Gasteiger partial charge is 0.139 e. The Morgan fingerprint density at radius 1 is 1.29 bits per heavy atom. The van der Waals surface area contributed by atoms with Crippen LogP contribution in [-0.2, 0) is 6.42 Å². The Morgan fingerprint density at radius 3 is 2.67 bits per heavy atom. The summed E-state index contributed by atoms with van der Waals surface area (Å²) >= 11 is 6.19. The summed E-state index contributed by atoms with van der Waals surface area (Å²) in [6, 6.07) is 7.18. The normalized spacial score (nSPS) is 10.0. The number of rotatable bonds is 5. The molecule has 0 bridgehead atoms. The SMILES string of the molecule is CCCc1c(NC)ncnc1Nc1ccc(C#N)cc1Cl. The molecule has 0 aliphatic carbocycles. The van der Waals surface area contributed by atoms with E-state index >= 15 is 0 Å². The summed E-state index contributed by atoms with van der Waals surface area (Å²) in [5.41, 5.74) is 2.26. The number of benzene rings is 1. The highest BCUT2D eigenvalue weighted by Crippen LogP contribution is 2.29. The van der Waals surface area contributed by atoms with E-state index in [4.69, 9.17) is 16.9 Å². The molecule has 0 spiro atoms. The van der Waals surface area contributed by atoms with Gasteiger partial charge in [0, 0.05) is 12.6 Å². The van der Waals surface area contributed by atoms with Crippen molar-refractivity contribution in [2.75, 3.05) is 17.7 Å². The van der Waals surface area contributed by atoms with Gasteiger partial charge in [0.25, 0.3) is 0 Å². The fraction of sp³-hybridized carbons (Fsp3) is 0.267. The van der Waals surface area contributed by atoms with Crippen LogP contribution in [0.15, 0.2) is 24.5 Å². The molecule has 0 saturated heterocycles. The average molecular weight is 302 g/mol. The molecule has 6 heteroatoms. The van der Waals surface area contributed by atoms with Crippen LogP contribution in [0, 0.1) is 11.3 Å². The van der Waals surface area contributed by atoms with Gasteiger partial charge in [-0.25, -0.2) is 9.97 Å². The fourth-order valence-corrected chi connectivity index (χ4v) is 2.26. The van der Waals surface area contributed by atoms with Gasteiger partial charge >= 0.3 is 0 Å². The largest absolute Gasteiger partial charge is 0.373 e. The van der Waals surface area contributed by atoms with E-state index in [0.717, 1.165) is 30.0 Å². The maximum Gasteiger partial charge on any atom is 0.139 e. The Balaban J connectivity index is 2.37. The molecule has 2 N–H and O–H groups in total. The molecule has 21 heavy (non-hydrogen) atoms. The van der Waals surface area contributed by atoms with Gasteiger partial charge in [-0.15, -0.1) is 0 Å². The molecule has 0 fully saturated rings. The zero-order chi connectivity index (χ0) is 15.2. The number of hydrogen-bond donors (Lipinski definition) is 2. The first kappa shape index (κ1) is 15.1. The first-order valence-electron chi connectivity index (χ1n) is 6.67. The molecular weight excluding hydrogens is 286 g/mol. The van der Waals surface area contributed by atoms with Crippen LogP contribution in [0.5, 0.6) is 0 Å². The van der Waals surface area contributed by atoms with Crippen molar-refractivity contribution in [3.05, 3.63) is 40.7 Å². The minimum Gasteiger partial charge on any atom is -0.373 e. The number of nitrogens with zero attached hydrogens (tertiary/aromatic N) is 3. The lowest BCUT2D eigenvalue weighted by Gasteiger charge is -2.14. The van der Waals surface area contributed by atoms with Gasteiger partial charge in [-0.3, -0.25) is 0 Å². The van der Waals surface area contributed by atoms with E-state index < -0.39 is 0 Å². The van der Waals surface area contributed by atoms with Gasteiger partial charge in [-0.2, -0.15) is 5.26 Å². The first-order valence-corrected chi connectivity index (χ1v) is 7.05. The summed E-state index contributed by atoms with van der Waals surface area (Å²) < 4.78 is 0. The number of hydrogen-bond acceptors (Lipinski definition) is 5. The van der Waals surface area contributed by atoms with E-state index in [1.54, 1.807) is 18.2 Å². The molecule has 0 unspecified atom stereocenters. The Morgan fingerprint density at radius 2 is 2.05 bits per heavy atom. The van der Waals surface area contributed by atoms with Crippen LogP contribution in [-0.4, -0.2) is 17.0 Å². The van der Waals surface area contributed by atoms with Crippen LogP contribution in [0.3, 0.4) is 0 Å². The van der Waals surface area contributed by atoms with E-state index in [0.29, 0.717) is 16.3 Å². The zero-order valence-electron chi connectivity index (χ0n) is 11.9. The lowest BCUT2D eigenvalue weighted by molar-refractivity contribution is 0.905. The molecule has 0 aliphatic heterocycles.